The van der Waals surface area contributed by atoms with E-state index in [0.29, 0.717) is 5.69 Å². The first kappa shape index (κ1) is 14.9. The summed E-state index contributed by atoms with van der Waals surface area (Å²) in [5, 5.41) is 21.4. The van der Waals surface area contributed by atoms with Gasteiger partial charge in [0.2, 0.25) is 0 Å². The van der Waals surface area contributed by atoms with Crippen LogP contribution in [0.3, 0.4) is 0 Å². The molecule has 7 heteroatoms. The third-order valence-corrected chi connectivity index (χ3v) is 3.89. The molecule has 0 spiro atoms. The zero-order valence-corrected chi connectivity index (χ0v) is 11.9. The lowest BCUT2D eigenvalue weighted by molar-refractivity contribution is 0.102. The van der Waals surface area contributed by atoms with Crippen LogP contribution in [0, 0.1) is 0 Å². The molecular formula is C14H13NO5S. The number of amides is 1. The van der Waals surface area contributed by atoms with Crippen LogP contribution in [0.1, 0.15) is 10.4 Å². The maximum Gasteiger partial charge on any atom is 0.259 e. The van der Waals surface area contributed by atoms with Crippen LogP contribution in [0.15, 0.2) is 47.4 Å². The van der Waals surface area contributed by atoms with Gasteiger partial charge in [0.1, 0.15) is 11.5 Å². The molecule has 2 rings (SSSR count). The van der Waals surface area contributed by atoms with Crippen molar-refractivity contribution >= 4 is 21.4 Å². The van der Waals surface area contributed by atoms with Crippen molar-refractivity contribution in [2.45, 2.75) is 4.90 Å². The van der Waals surface area contributed by atoms with Gasteiger partial charge < -0.3 is 15.5 Å². The average molecular weight is 307 g/mol. The predicted octanol–water partition coefficient (Wildman–Crippen LogP) is 1.75. The Labute approximate surface area is 121 Å². The third-order valence-electron chi connectivity index (χ3n) is 2.77. The topological polar surface area (TPSA) is 104 Å². The number of hydrogen-bond acceptors (Lipinski definition) is 5. The van der Waals surface area contributed by atoms with Crippen molar-refractivity contribution in [3.63, 3.8) is 0 Å². The minimum absolute atomic E-state index is 0.0813. The number of carbonyl (C=O) groups excluding carboxylic acids is 1. The highest BCUT2D eigenvalue weighted by Gasteiger charge is 2.13. The maximum absolute atomic E-state index is 12.0. The van der Waals surface area contributed by atoms with Crippen molar-refractivity contribution in [1.82, 2.24) is 0 Å². The summed E-state index contributed by atoms with van der Waals surface area (Å²) in [4.78, 5) is 12.1. The Morgan fingerprint density at radius 3 is 2.24 bits per heavy atom. The van der Waals surface area contributed by atoms with Crippen LogP contribution >= 0.6 is 0 Å². The zero-order chi connectivity index (χ0) is 15.6. The van der Waals surface area contributed by atoms with Crippen LogP contribution in [0.5, 0.6) is 11.5 Å². The maximum atomic E-state index is 12.0. The first-order valence-corrected chi connectivity index (χ1v) is 7.80. The molecule has 2 aromatic carbocycles. The van der Waals surface area contributed by atoms with Crippen molar-refractivity contribution < 1.29 is 23.4 Å². The van der Waals surface area contributed by atoms with E-state index in [1.165, 1.54) is 36.4 Å². The Morgan fingerprint density at radius 2 is 1.67 bits per heavy atom. The van der Waals surface area contributed by atoms with E-state index in [1.54, 1.807) is 0 Å². The molecule has 110 valence electrons. The van der Waals surface area contributed by atoms with E-state index in [0.717, 1.165) is 12.3 Å². The second kappa shape index (κ2) is 5.45. The number of phenolic OH excluding ortho intramolecular Hbond substituents is 2. The van der Waals surface area contributed by atoms with Crippen molar-refractivity contribution in [3.05, 3.63) is 48.0 Å². The van der Waals surface area contributed by atoms with E-state index in [2.05, 4.69) is 5.32 Å². The highest BCUT2D eigenvalue weighted by Crippen LogP contribution is 2.23. The van der Waals surface area contributed by atoms with Crippen LogP contribution in [0.25, 0.3) is 0 Å². The van der Waals surface area contributed by atoms with Crippen LogP contribution < -0.4 is 5.32 Å². The normalized spacial score (nSPS) is 11.1. The van der Waals surface area contributed by atoms with Gasteiger partial charge in [0.15, 0.2) is 9.84 Å². The summed E-state index contributed by atoms with van der Waals surface area (Å²) in [7, 11) is -3.30. The molecular weight excluding hydrogens is 294 g/mol. The SMILES string of the molecule is CS(=O)(=O)c1ccc(NC(=O)c2cc(O)ccc2O)cc1. The van der Waals surface area contributed by atoms with Gasteiger partial charge in [-0.1, -0.05) is 0 Å². The van der Waals surface area contributed by atoms with Crippen LogP contribution in [-0.4, -0.2) is 30.8 Å². The van der Waals surface area contributed by atoms with Gasteiger partial charge in [0.25, 0.3) is 5.91 Å². The van der Waals surface area contributed by atoms with Crippen molar-refractivity contribution in [2.75, 3.05) is 11.6 Å². The average Bonchev–Trinajstić information content (AvgIpc) is 2.41. The van der Waals surface area contributed by atoms with Gasteiger partial charge in [-0.15, -0.1) is 0 Å². The molecule has 0 aromatic heterocycles. The molecule has 2 aromatic rings. The second-order valence-electron chi connectivity index (χ2n) is 4.45. The predicted molar refractivity (Wildman–Crippen MR) is 77.3 cm³/mol. The van der Waals surface area contributed by atoms with E-state index < -0.39 is 15.7 Å². The van der Waals surface area contributed by atoms with Crippen LogP contribution in [0.2, 0.25) is 0 Å². The van der Waals surface area contributed by atoms with Gasteiger partial charge in [0, 0.05) is 11.9 Å². The standard InChI is InChI=1S/C14H13NO5S/c1-21(19,20)11-5-2-9(3-6-11)15-14(18)12-8-10(16)4-7-13(12)17/h2-8,16-17H,1H3,(H,15,18). The molecule has 3 N–H and O–H groups in total. The Balaban J connectivity index is 2.22. The van der Waals surface area contributed by atoms with Crippen molar-refractivity contribution in [2.24, 2.45) is 0 Å². The van der Waals surface area contributed by atoms with E-state index >= 15 is 0 Å². The number of sulfone groups is 1. The highest BCUT2D eigenvalue weighted by atomic mass is 32.2. The number of rotatable bonds is 3. The lowest BCUT2D eigenvalue weighted by atomic mass is 10.1. The number of hydrogen-bond donors (Lipinski definition) is 3. The summed E-state index contributed by atoms with van der Waals surface area (Å²) in [5.74, 6) is -1.03. The summed E-state index contributed by atoms with van der Waals surface area (Å²) in [5.41, 5.74) is 0.289. The number of anilines is 1. The number of phenols is 2. The number of aromatic hydroxyl groups is 2. The molecule has 0 bridgehead atoms. The Hall–Kier alpha value is -2.54. The fourth-order valence-electron chi connectivity index (χ4n) is 1.69. The Morgan fingerprint density at radius 1 is 1.05 bits per heavy atom. The molecule has 0 radical (unpaired) electrons. The van der Waals surface area contributed by atoms with Gasteiger partial charge in [0.05, 0.1) is 10.5 Å². The van der Waals surface area contributed by atoms with E-state index in [9.17, 15) is 23.4 Å². The summed E-state index contributed by atoms with van der Waals surface area (Å²) in [6.07, 6.45) is 1.09. The Bertz CT molecular complexity index is 782. The second-order valence-corrected chi connectivity index (χ2v) is 6.47. The van der Waals surface area contributed by atoms with Crippen molar-refractivity contribution in [1.29, 1.82) is 0 Å². The highest BCUT2D eigenvalue weighted by molar-refractivity contribution is 7.90. The fourth-order valence-corrected chi connectivity index (χ4v) is 2.32. The first-order chi connectivity index (χ1) is 9.77. The monoisotopic (exact) mass is 307 g/mol. The fraction of sp³-hybridized carbons (Fsp3) is 0.0714. The van der Waals surface area contributed by atoms with E-state index in [-0.39, 0.29) is 22.0 Å². The molecule has 0 atom stereocenters. The summed E-state index contributed by atoms with van der Waals surface area (Å²) < 4.78 is 22.6. The quantitative estimate of drug-likeness (QED) is 0.750. The molecule has 6 nitrogen and oxygen atoms in total. The lowest BCUT2D eigenvalue weighted by Crippen LogP contribution is -2.12. The van der Waals surface area contributed by atoms with Gasteiger partial charge in [-0.05, 0) is 42.5 Å². The number of nitrogens with one attached hydrogen (secondary N) is 1. The summed E-state index contributed by atoms with van der Waals surface area (Å²) >= 11 is 0. The van der Waals surface area contributed by atoms with Gasteiger partial charge in [-0.25, -0.2) is 8.42 Å². The Kier molecular flexibility index (Phi) is 3.86. The largest absolute Gasteiger partial charge is 0.508 e. The molecule has 21 heavy (non-hydrogen) atoms. The third kappa shape index (κ3) is 3.51. The van der Waals surface area contributed by atoms with Crippen molar-refractivity contribution in [3.8, 4) is 11.5 Å². The van der Waals surface area contributed by atoms with Gasteiger partial charge in [-0.2, -0.15) is 0 Å². The molecule has 0 saturated carbocycles. The first-order valence-electron chi connectivity index (χ1n) is 5.91. The summed E-state index contributed by atoms with van der Waals surface area (Å²) in [6, 6.07) is 9.21. The van der Waals surface area contributed by atoms with Gasteiger partial charge >= 0.3 is 0 Å². The van der Waals surface area contributed by atoms with Crippen LogP contribution in [0.4, 0.5) is 5.69 Å². The number of benzene rings is 2. The van der Waals surface area contributed by atoms with Crippen LogP contribution in [-0.2, 0) is 9.84 Å². The molecule has 1 amide bonds. The zero-order valence-electron chi connectivity index (χ0n) is 11.1. The smallest absolute Gasteiger partial charge is 0.259 e. The van der Waals surface area contributed by atoms with E-state index in [1.807, 2.05) is 0 Å². The summed E-state index contributed by atoms with van der Waals surface area (Å²) in [6.45, 7) is 0. The minimum atomic E-state index is -3.30. The molecule has 0 unspecified atom stereocenters. The molecule has 0 saturated heterocycles. The molecule has 0 aliphatic heterocycles. The minimum Gasteiger partial charge on any atom is -0.508 e. The molecule has 0 heterocycles. The van der Waals surface area contributed by atoms with Gasteiger partial charge in [-0.3, -0.25) is 4.79 Å². The number of carbonyl (C=O) groups is 1. The molecule has 0 aliphatic carbocycles. The molecule has 0 fully saturated rings. The lowest BCUT2D eigenvalue weighted by Gasteiger charge is -2.08. The molecule has 0 aliphatic rings. The van der Waals surface area contributed by atoms with E-state index in [4.69, 9.17) is 0 Å².